The van der Waals surface area contributed by atoms with Crippen LogP contribution in [-0.4, -0.2) is 17.3 Å². The Balaban J connectivity index is 1.66. The molecule has 0 amide bonds. The maximum Gasteiger partial charge on any atom is 0.151 e. The lowest BCUT2D eigenvalue weighted by atomic mass is 9.86. The number of rotatable bonds is 6. The van der Waals surface area contributed by atoms with Crippen LogP contribution < -0.4 is 0 Å². The van der Waals surface area contributed by atoms with Crippen molar-refractivity contribution >= 4 is 29.0 Å². The zero-order valence-electron chi connectivity index (χ0n) is 16.5. The van der Waals surface area contributed by atoms with E-state index >= 15 is 0 Å². The van der Waals surface area contributed by atoms with Crippen LogP contribution in [0.1, 0.15) is 53.0 Å². The molecule has 2 unspecified atom stereocenters. The number of aryl methyl sites for hydroxylation is 4. The van der Waals surface area contributed by atoms with Gasteiger partial charge in [-0.05, 0) is 61.6 Å². The summed E-state index contributed by atoms with van der Waals surface area (Å²) in [5, 5.41) is 0.665. The van der Waals surface area contributed by atoms with Gasteiger partial charge in [0.2, 0.25) is 0 Å². The van der Waals surface area contributed by atoms with Gasteiger partial charge in [0.25, 0.3) is 0 Å². The van der Waals surface area contributed by atoms with Crippen LogP contribution in [-0.2, 0) is 20.8 Å². The minimum atomic E-state index is -0.713. The van der Waals surface area contributed by atoms with E-state index in [-0.39, 0.29) is 30.2 Å². The third-order valence-electron chi connectivity index (χ3n) is 5.56. The highest BCUT2D eigenvalue weighted by molar-refractivity contribution is 6.30. The van der Waals surface area contributed by atoms with Gasteiger partial charge >= 0.3 is 0 Å². The summed E-state index contributed by atoms with van der Waals surface area (Å²) in [6, 6.07) is 11.4. The average molecular weight is 397 g/mol. The number of carbonyl (C=O) groups is 3. The van der Waals surface area contributed by atoms with E-state index < -0.39 is 11.8 Å². The summed E-state index contributed by atoms with van der Waals surface area (Å²) >= 11 is 5.88. The highest BCUT2D eigenvalue weighted by Gasteiger charge is 2.43. The fraction of sp³-hybridized carbons (Fsp3) is 0.375. The normalized spacial score (nSPS) is 19.3. The molecule has 4 heteroatoms. The van der Waals surface area contributed by atoms with E-state index in [2.05, 4.69) is 0 Å². The fourth-order valence-corrected chi connectivity index (χ4v) is 4.42. The summed E-state index contributed by atoms with van der Waals surface area (Å²) in [6.45, 7) is 5.89. The molecule has 0 saturated heterocycles. The minimum absolute atomic E-state index is 0.0269. The molecule has 0 heterocycles. The van der Waals surface area contributed by atoms with Crippen LogP contribution in [0.5, 0.6) is 0 Å². The smallest absolute Gasteiger partial charge is 0.151 e. The van der Waals surface area contributed by atoms with E-state index in [1.165, 1.54) is 0 Å². The summed E-state index contributed by atoms with van der Waals surface area (Å²) in [5.41, 5.74) is 4.93. The molecule has 0 aromatic heterocycles. The number of hydrogen-bond acceptors (Lipinski definition) is 3. The minimum Gasteiger partial charge on any atom is -0.300 e. The van der Waals surface area contributed by atoms with Crippen molar-refractivity contribution in [3.63, 3.8) is 0 Å². The lowest BCUT2D eigenvalue weighted by molar-refractivity contribution is -0.127. The summed E-state index contributed by atoms with van der Waals surface area (Å²) < 4.78 is 0. The van der Waals surface area contributed by atoms with Crippen molar-refractivity contribution in [2.45, 2.75) is 52.4 Å². The second-order valence-corrected chi connectivity index (χ2v) is 8.32. The van der Waals surface area contributed by atoms with Crippen molar-refractivity contribution in [1.29, 1.82) is 0 Å². The van der Waals surface area contributed by atoms with Gasteiger partial charge < -0.3 is 0 Å². The van der Waals surface area contributed by atoms with E-state index in [0.717, 1.165) is 27.8 Å². The van der Waals surface area contributed by atoms with Crippen LogP contribution in [0.25, 0.3) is 0 Å². The van der Waals surface area contributed by atoms with E-state index in [1.807, 2.05) is 45.0 Å². The molecule has 3 nitrogen and oxygen atoms in total. The van der Waals surface area contributed by atoms with Crippen molar-refractivity contribution in [3.8, 4) is 0 Å². The quantitative estimate of drug-likeness (QED) is 0.638. The SMILES string of the molecule is Cc1cc(C)c(C2C(=O)CC(CC(=O)CCc3ccc(Cl)cc3)C2=O)c(C)c1. The molecule has 2 atom stereocenters. The summed E-state index contributed by atoms with van der Waals surface area (Å²) in [5.74, 6) is -1.33. The van der Waals surface area contributed by atoms with Crippen molar-refractivity contribution < 1.29 is 14.4 Å². The second kappa shape index (κ2) is 8.40. The predicted octanol–water partition coefficient (Wildman–Crippen LogP) is 5.10. The molecule has 0 aliphatic heterocycles. The van der Waals surface area contributed by atoms with Gasteiger partial charge in [0, 0.05) is 30.2 Å². The van der Waals surface area contributed by atoms with Crippen LogP contribution in [0, 0.1) is 26.7 Å². The maximum atomic E-state index is 13.0. The Labute approximate surface area is 171 Å². The third kappa shape index (κ3) is 4.41. The molecule has 3 rings (SSSR count). The first-order valence-corrected chi connectivity index (χ1v) is 10.0. The van der Waals surface area contributed by atoms with Crippen LogP contribution in [0.15, 0.2) is 36.4 Å². The van der Waals surface area contributed by atoms with Gasteiger partial charge in [-0.3, -0.25) is 14.4 Å². The van der Waals surface area contributed by atoms with E-state index in [0.29, 0.717) is 17.9 Å². The Morgan fingerprint density at radius 3 is 2.25 bits per heavy atom. The summed E-state index contributed by atoms with van der Waals surface area (Å²) in [4.78, 5) is 38.0. The molecule has 0 spiro atoms. The van der Waals surface area contributed by atoms with E-state index in [4.69, 9.17) is 11.6 Å². The number of Topliss-reactive ketones (excluding diaryl/α,β-unsaturated/α-hetero) is 3. The first-order chi connectivity index (χ1) is 13.3. The number of halogens is 1. The number of ketones is 3. The van der Waals surface area contributed by atoms with E-state index in [9.17, 15) is 14.4 Å². The molecule has 1 aliphatic rings. The first kappa shape index (κ1) is 20.5. The molecule has 1 fully saturated rings. The molecule has 0 radical (unpaired) electrons. The lowest BCUT2D eigenvalue weighted by Crippen LogP contribution is -2.19. The molecular weight excluding hydrogens is 372 g/mol. The molecule has 1 saturated carbocycles. The Hall–Kier alpha value is -2.26. The molecule has 1 aliphatic carbocycles. The van der Waals surface area contributed by atoms with Crippen molar-refractivity contribution in [1.82, 2.24) is 0 Å². The molecule has 2 aromatic carbocycles. The fourth-order valence-electron chi connectivity index (χ4n) is 4.29. The van der Waals surface area contributed by atoms with Crippen molar-refractivity contribution in [2.24, 2.45) is 5.92 Å². The number of hydrogen-bond donors (Lipinski definition) is 0. The Morgan fingerprint density at radius 2 is 1.64 bits per heavy atom. The predicted molar refractivity (Wildman–Crippen MR) is 111 cm³/mol. The maximum absolute atomic E-state index is 13.0. The van der Waals surface area contributed by atoms with Crippen LogP contribution in [0.4, 0.5) is 0 Å². The molecule has 0 N–H and O–H groups in total. The van der Waals surface area contributed by atoms with Crippen molar-refractivity contribution in [3.05, 3.63) is 69.2 Å². The zero-order valence-corrected chi connectivity index (χ0v) is 17.3. The Kier molecular flexibility index (Phi) is 6.14. The average Bonchev–Trinajstić information content (AvgIpc) is 2.88. The second-order valence-electron chi connectivity index (χ2n) is 7.88. The van der Waals surface area contributed by atoms with Crippen LogP contribution >= 0.6 is 11.6 Å². The van der Waals surface area contributed by atoms with Gasteiger partial charge in [-0.1, -0.05) is 41.4 Å². The van der Waals surface area contributed by atoms with Gasteiger partial charge in [0.15, 0.2) is 5.78 Å². The summed E-state index contributed by atoms with van der Waals surface area (Å²) in [6.07, 6.45) is 1.30. The van der Waals surface area contributed by atoms with Gasteiger partial charge in [-0.15, -0.1) is 0 Å². The van der Waals surface area contributed by atoms with Crippen molar-refractivity contribution in [2.75, 3.05) is 0 Å². The highest BCUT2D eigenvalue weighted by Crippen LogP contribution is 2.37. The van der Waals surface area contributed by atoms with Crippen LogP contribution in [0.3, 0.4) is 0 Å². The van der Waals surface area contributed by atoms with Gasteiger partial charge in [0.05, 0.1) is 0 Å². The molecule has 2 aromatic rings. The third-order valence-corrected chi connectivity index (χ3v) is 5.81. The van der Waals surface area contributed by atoms with Gasteiger partial charge in [0.1, 0.15) is 17.5 Å². The molecule has 0 bridgehead atoms. The highest BCUT2D eigenvalue weighted by atomic mass is 35.5. The van der Waals surface area contributed by atoms with Gasteiger partial charge in [-0.2, -0.15) is 0 Å². The topological polar surface area (TPSA) is 51.2 Å². The standard InChI is InChI=1S/C24H25ClO3/c1-14-10-15(2)22(16(3)11-14)23-21(27)13-18(24(23)28)12-20(26)9-6-17-4-7-19(25)8-5-17/h4-5,7-8,10-11,18,23H,6,9,12-13H2,1-3H3. The molecular formula is C24H25ClO3. The molecule has 28 heavy (non-hydrogen) atoms. The summed E-state index contributed by atoms with van der Waals surface area (Å²) in [7, 11) is 0. The number of benzene rings is 2. The monoisotopic (exact) mass is 396 g/mol. The first-order valence-electron chi connectivity index (χ1n) is 9.66. The largest absolute Gasteiger partial charge is 0.300 e. The Morgan fingerprint density at radius 1 is 1.04 bits per heavy atom. The van der Waals surface area contributed by atoms with Gasteiger partial charge in [-0.25, -0.2) is 0 Å². The van der Waals surface area contributed by atoms with Crippen LogP contribution in [0.2, 0.25) is 5.02 Å². The zero-order chi connectivity index (χ0) is 20.4. The van der Waals surface area contributed by atoms with E-state index in [1.54, 1.807) is 12.1 Å². The Bertz CT molecular complexity index is 904. The molecule has 146 valence electrons. The lowest BCUT2D eigenvalue weighted by Gasteiger charge is -2.16. The number of carbonyl (C=O) groups excluding carboxylic acids is 3.